The van der Waals surface area contributed by atoms with E-state index in [0.717, 1.165) is 10.9 Å². The van der Waals surface area contributed by atoms with E-state index in [1.54, 1.807) is 30.3 Å². The lowest BCUT2D eigenvalue weighted by molar-refractivity contribution is 0.408. The van der Waals surface area contributed by atoms with Crippen molar-refractivity contribution in [2.24, 2.45) is 0 Å². The maximum atomic E-state index is 9.09. The molecule has 0 fully saturated rings. The highest BCUT2D eigenvalue weighted by Crippen LogP contribution is 2.38. The summed E-state index contributed by atoms with van der Waals surface area (Å²) >= 11 is 0. The van der Waals surface area contributed by atoms with Gasteiger partial charge in [0.1, 0.15) is 11.5 Å². The van der Waals surface area contributed by atoms with Crippen molar-refractivity contribution in [3.05, 3.63) is 47.5 Å². The fourth-order valence-corrected chi connectivity index (χ4v) is 2.43. The molecule has 0 spiro atoms. The predicted molar refractivity (Wildman–Crippen MR) is 84.2 cm³/mol. The first-order valence-electron chi connectivity index (χ1n) is 6.80. The van der Waals surface area contributed by atoms with Crippen LogP contribution < -0.4 is 9.47 Å². The Morgan fingerprint density at radius 2 is 1.57 bits per heavy atom. The topological polar surface area (TPSA) is 79.2 Å². The van der Waals surface area contributed by atoms with Gasteiger partial charge in [0.05, 0.1) is 43.0 Å². The summed E-state index contributed by atoms with van der Waals surface area (Å²) in [6.07, 6.45) is 0. The summed E-state index contributed by atoms with van der Waals surface area (Å²) in [4.78, 5) is 0. The zero-order valence-corrected chi connectivity index (χ0v) is 12.6. The minimum atomic E-state index is 0.494. The van der Waals surface area contributed by atoms with E-state index in [0.29, 0.717) is 34.0 Å². The second kappa shape index (κ2) is 5.75. The Bertz CT molecular complexity index is 974. The Hall–Kier alpha value is -3.44. The lowest BCUT2D eigenvalue weighted by atomic mass is 10.1. The van der Waals surface area contributed by atoms with Crippen molar-refractivity contribution in [1.29, 1.82) is 10.5 Å². The number of hydrogen-bond acceptors (Lipinski definition) is 5. The van der Waals surface area contributed by atoms with E-state index in [1.807, 2.05) is 6.07 Å². The van der Waals surface area contributed by atoms with Crippen LogP contribution in [0.15, 0.2) is 40.8 Å². The van der Waals surface area contributed by atoms with E-state index in [1.165, 1.54) is 14.2 Å². The van der Waals surface area contributed by atoms with Crippen molar-refractivity contribution in [1.82, 2.24) is 0 Å². The quantitative estimate of drug-likeness (QED) is 0.734. The van der Waals surface area contributed by atoms with Crippen molar-refractivity contribution in [2.45, 2.75) is 0 Å². The van der Waals surface area contributed by atoms with E-state index >= 15 is 0 Å². The summed E-state index contributed by atoms with van der Waals surface area (Å²) in [5, 5.41) is 18.8. The SMILES string of the molecule is COc1cc(C#N)ccc1-c1cc2cc(C#N)cc(OC)c2o1. The van der Waals surface area contributed by atoms with Gasteiger partial charge in [-0.15, -0.1) is 0 Å². The highest BCUT2D eigenvalue weighted by Gasteiger charge is 2.15. The molecule has 2 aromatic carbocycles. The third kappa shape index (κ3) is 2.45. The van der Waals surface area contributed by atoms with Crippen LogP contribution in [0.4, 0.5) is 0 Å². The highest BCUT2D eigenvalue weighted by molar-refractivity contribution is 5.89. The molecule has 23 heavy (non-hydrogen) atoms. The molecule has 112 valence electrons. The van der Waals surface area contributed by atoms with Gasteiger partial charge in [-0.25, -0.2) is 0 Å². The first-order valence-corrected chi connectivity index (χ1v) is 6.80. The molecule has 0 aliphatic rings. The van der Waals surface area contributed by atoms with Gasteiger partial charge in [-0.05, 0) is 30.3 Å². The molecular weight excluding hydrogens is 292 g/mol. The molecule has 0 bridgehead atoms. The van der Waals surface area contributed by atoms with Crippen LogP contribution in [-0.4, -0.2) is 14.2 Å². The number of ether oxygens (including phenoxy) is 2. The number of benzene rings is 2. The molecule has 0 aliphatic carbocycles. The van der Waals surface area contributed by atoms with Gasteiger partial charge in [-0.1, -0.05) is 0 Å². The smallest absolute Gasteiger partial charge is 0.176 e. The molecule has 0 saturated heterocycles. The molecule has 5 heteroatoms. The van der Waals surface area contributed by atoms with Gasteiger partial charge in [-0.3, -0.25) is 0 Å². The first-order chi connectivity index (χ1) is 11.2. The molecule has 3 aromatic rings. The largest absolute Gasteiger partial charge is 0.496 e. The number of furan rings is 1. The van der Waals surface area contributed by atoms with Crippen LogP contribution in [0.3, 0.4) is 0 Å². The molecule has 1 heterocycles. The zero-order chi connectivity index (χ0) is 16.4. The van der Waals surface area contributed by atoms with E-state index in [9.17, 15) is 0 Å². The molecule has 1 aromatic heterocycles. The third-order valence-electron chi connectivity index (χ3n) is 3.53. The van der Waals surface area contributed by atoms with Crippen molar-refractivity contribution in [3.63, 3.8) is 0 Å². The van der Waals surface area contributed by atoms with Gasteiger partial charge in [0.2, 0.25) is 0 Å². The van der Waals surface area contributed by atoms with E-state index in [4.69, 9.17) is 24.4 Å². The summed E-state index contributed by atoms with van der Waals surface area (Å²) in [5.74, 6) is 1.62. The average molecular weight is 304 g/mol. The van der Waals surface area contributed by atoms with Gasteiger partial charge in [0.25, 0.3) is 0 Å². The maximum absolute atomic E-state index is 9.09. The van der Waals surface area contributed by atoms with Crippen molar-refractivity contribution in [2.75, 3.05) is 14.2 Å². The van der Waals surface area contributed by atoms with Gasteiger partial charge < -0.3 is 13.9 Å². The molecule has 0 unspecified atom stereocenters. The Kier molecular flexibility index (Phi) is 3.62. The minimum Gasteiger partial charge on any atom is -0.496 e. The standard InChI is InChI=1S/C18H12N2O3/c1-21-15-6-11(9-19)3-4-14(15)16-8-13-5-12(10-20)7-17(22-2)18(13)23-16/h3-8H,1-2H3. The summed E-state index contributed by atoms with van der Waals surface area (Å²) < 4.78 is 16.5. The average Bonchev–Trinajstić information content (AvgIpc) is 3.03. The molecule has 0 atom stereocenters. The third-order valence-corrected chi connectivity index (χ3v) is 3.53. The van der Waals surface area contributed by atoms with Crippen LogP contribution in [0.25, 0.3) is 22.3 Å². The van der Waals surface area contributed by atoms with Crippen LogP contribution in [0.2, 0.25) is 0 Å². The molecule has 0 N–H and O–H groups in total. The van der Waals surface area contributed by atoms with Crippen LogP contribution in [-0.2, 0) is 0 Å². The van der Waals surface area contributed by atoms with Crippen LogP contribution in [0, 0.1) is 22.7 Å². The normalized spacial score (nSPS) is 10.1. The number of methoxy groups -OCH3 is 2. The van der Waals surface area contributed by atoms with E-state index in [-0.39, 0.29) is 0 Å². The van der Waals surface area contributed by atoms with E-state index in [2.05, 4.69) is 12.1 Å². The van der Waals surface area contributed by atoms with Gasteiger partial charge in [0.15, 0.2) is 11.3 Å². The minimum absolute atomic E-state index is 0.494. The summed E-state index contributed by atoms with van der Waals surface area (Å²) in [7, 11) is 3.07. The van der Waals surface area contributed by atoms with Crippen molar-refractivity contribution >= 4 is 11.0 Å². The fraction of sp³-hybridized carbons (Fsp3) is 0.111. The van der Waals surface area contributed by atoms with Gasteiger partial charge in [0, 0.05) is 11.5 Å². The Labute approximate surface area is 132 Å². The number of nitrogens with zero attached hydrogens (tertiary/aromatic N) is 2. The van der Waals surface area contributed by atoms with Crippen LogP contribution in [0.5, 0.6) is 11.5 Å². The van der Waals surface area contributed by atoms with Crippen molar-refractivity contribution < 1.29 is 13.9 Å². The number of fused-ring (bicyclic) bond motifs is 1. The Morgan fingerprint density at radius 1 is 0.870 bits per heavy atom. The zero-order valence-electron chi connectivity index (χ0n) is 12.6. The van der Waals surface area contributed by atoms with E-state index < -0.39 is 0 Å². The lowest BCUT2D eigenvalue weighted by Crippen LogP contribution is -1.88. The fourth-order valence-electron chi connectivity index (χ4n) is 2.43. The monoisotopic (exact) mass is 304 g/mol. The molecule has 0 saturated carbocycles. The molecule has 0 radical (unpaired) electrons. The highest BCUT2D eigenvalue weighted by atomic mass is 16.5. The second-order valence-corrected chi connectivity index (χ2v) is 4.85. The molecular formula is C18H12N2O3. The number of hydrogen-bond donors (Lipinski definition) is 0. The maximum Gasteiger partial charge on any atom is 0.176 e. The van der Waals surface area contributed by atoms with Crippen LogP contribution in [0.1, 0.15) is 11.1 Å². The molecule has 0 aliphatic heterocycles. The Morgan fingerprint density at radius 3 is 2.22 bits per heavy atom. The lowest BCUT2D eigenvalue weighted by Gasteiger charge is -2.06. The summed E-state index contributed by atoms with van der Waals surface area (Å²) in [5.41, 5.74) is 2.29. The first kappa shape index (κ1) is 14.5. The number of rotatable bonds is 3. The summed E-state index contributed by atoms with van der Waals surface area (Å²) in [6.45, 7) is 0. The Balaban J connectivity index is 2.22. The second-order valence-electron chi connectivity index (χ2n) is 4.85. The predicted octanol–water partition coefficient (Wildman–Crippen LogP) is 3.86. The van der Waals surface area contributed by atoms with Crippen molar-refractivity contribution in [3.8, 4) is 35.0 Å². The van der Waals surface area contributed by atoms with Gasteiger partial charge >= 0.3 is 0 Å². The molecule has 0 amide bonds. The summed E-state index contributed by atoms with van der Waals surface area (Å²) in [6, 6.07) is 14.5. The number of nitriles is 2. The van der Waals surface area contributed by atoms with Crippen LogP contribution >= 0.6 is 0 Å². The molecule has 3 rings (SSSR count). The molecule has 5 nitrogen and oxygen atoms in total. The van der Waals surface area contributed by atoms with Gasteiger partial charge in [-0.2, -0.15) is 10.5 Å².